The van der Waals surface area contributed by atoms with Gasteiger partial charge in [-0.2, -0.15) is 5.10 Å². The first kappa shape index (κ1) is 18.2. The first-order valence-corrected chi connectivity index (χ1v) is 9.10. The maximum absolute atomic E-state index is 12.3. The maximum atomic E-state index is 12.3. The molecule has 130 valence electrons. The van der Waals surface area contributed by atoms with E-state index in [1.54, 1.807) is 26.0 Å². The van der Waals surface area contributed by atoms with Crippen molar-refractivity contribution in [2.75, 3.05) is 11.9 Å². The summed E-state index contributed by atoms with van der Waals surface area (Å²) in [5.41, 5.74) is 2.59. The lowest BCUT2D eigenvalue weighted by Gasteiger charge is -2.09. The van der Waals surface area contributed by atoms with Gasteiger partial charge < -0.3 is 5.32 Å². The number of amides is 1. The minimum absolute atomic E-state index is 0.0802. The van der Waals surface area contributed by atoms with Crippen LogP contribution < -0.4 is 10.0 Å². The molecule has 0 spiro atoms. The molecule has 1 aromatic heterocycles. The molecule has 0 bridgehead atoms. The molecule has 2 aromatic rings. The van der Waals surface area contributed by atoms with Crippen molar-refractivity contribution in [1.29, 1.82) is 0 Å². The summed E-state index contributed by atoms with van der Waals surface area (Å²) < 4.78 is 26.8. The highest BCUT2D eigenvalue weighted by molar-refractivity contribution is 7.89. The Morgan fingerprint density at radius 1 is 1.21 bits per heavy atom. The van der Waals surface area contributed by atoms with Crippen LogP contribution in [0.1, 0.15) is 36.7 Å². The summed E-state index contributed by atoms with van der Waals surface area (Å²) in [5, 5.41) is 9.14. The fraction of sp³-hybridized carbons (Fsp3) is 0.375. The Hall–Kier alpha value is -2.19. The van der Waals surface area contributed by atoms with Gasteiger partial charge in [-0.1, -0.05) is 26.0 Å². The molecule has 2 rings (SSSR count). The summed E-state index contributed by atoms with van der Waals surface area (Å²) >= 11 is 0. The maximum Gasteiger partial charge on any atom is 0.244 e. The van der Waals surface area contributed by atoms with Gasteiger partial charge >= 0.3 is 0 Å². The van der Waals surface area contributed by atoms with E-state index in [9.17, 15) is 13.2 Å². The lowest BCUT2D eigenvalue weighted by atomic mass is 10.0. The highest BCUT2D eigenvalue weighted by Gasteiger charge is 2.22. The number of hydrogen-bond acceptors (Lipinski definition) is 4. The van der Waals surface area contributed by atoms with Gasteiger partial charge in [0.2, 0.25) is 15.9 Å². The van der Waals surface area contributed by atoms with Gasteiger partial charge in [0.05, 0.1) is 17.9 Å². The number of aromatic nitrogens is 2. The van der Waals surface area contributed by atoms with Crippen molar-refractivity contribution in [3.8, 4) is 0 Å². The second-order valence-corrected chi connectivity index (χ2v) is 7.62. The van der Waals surface area contributed by atoms with Crippen LogP contribution in [-0.4, -0.2) is 31.1 Å². The largest absolute Gasteiger partial charge is 0.325 e. The molecule has 0 aliphatic rings. The van der Waals surface area contributed by atoms with E-state index in [2.05, 4.69) is 34.1 Å². The second-order valence-electron chi connectivity index (χ2n) is 5.91. The topological polar surface area (TPSA) is 104 Å². The van der Waals surface area contributed by atoms with Crippen LogP contribution in [0.2, 0.25) is 0 Å². The van der Waals surface area contributed by atoms with Gasteiger partial charge in [0, 0.05) is 5.69 Å². The Bertz CT molecular complexity index is 804. The normalized spacial score (nSPS) is 11.7. The molecule has 0 atom stereocenters. The smallest absolute Gasteiger partial charge is 0.244 e. The molecule has 7 nitrogen and oxygen atoms in total. The van der Waals surface area contributed by atoms with Crippen molar-refractivity contribution >= 4 is 21.6 Å². The molecule has 24 heavy (non-hydrogen) atoms. The summed E-state index contributed by atoms with van der Waals surface area (Å²) in [6.45, 7) is 7.03. The van der Waals surface area contributed by atoms with Gasteiger partial charge in [-0.3, -0.25) is 9.89 Å². The molecule has 1 amide bonds. The number of sulfonamides is 1. The van der Waals surface area contributed by atoms with E-state index in [0.717, 1.165) is 0 Å². The summed E-state index contributed by atoms with van der Waals surface area (Å²) in [7, 11) is -3.79. The van der Waals surface area contributed by atoms with Crippen molar-refractivity contribution in [2.24, 2.45) is 0 Å². The highest BCUT2D eigenvalue weighted by atomic mass is 32.2. The standard InChI is InChI=1S/C16H22N4O3S/c1-10(2)13-5-7-14(8-6-13)18-15(21)9-17-24(22,23)16-11(3)19-20-12(16)4/h5-8,10,17H,9H2,1-4H3,(H,18,21)(H,19,20). The molecule has 0 saturated carbocycles. The van der Waals surface area contributed by atoms with E-state index in [0.29, 0.717) is 23.0 Å². The average Bonchev–Trinajstić information content (AvgIpc) is 2.85. The first-order chi connectivity index (χ1) is 11.2. The van der Waals surface area contributed by atoms with Crippen molar-refractivity contribution in [2.45, 2.75) is 38.5 Å². The van der Waals surface area contributed by atoms with Crippen LogP contribution in [0.4, 0.5) is 5.69 Å². The van der Waals surface area contributed by atoms with Crippen LogP contribution in [0, 0.1) is 13.8 Å². The summed E-state index contributed by atoms with van der Waals surface area (Å²) in [5.74, 6) is -0.0299. The van der Waals surface area contributed by atoms with E-state index in [-0.39, 0.29) is 11.4 Å². The van der Waals surface area contributed by atoms with E-state index in [1.807, 2.05) is 12.1 Å². The third-order valence-corrected chi connectivity index (χ3v) is 5.28. The second kappa shape index (κ2) is 7.14. The van der Waals surface area contributed by atoms with Crippen LogP contribution in [0.5, 0.6) is 0 Å². The van der Waals surface area contributed by atoms with Crippen LogP contribution in [0.15, 0.2) is 29.2 Å². The van der Waals surface area contributed by atoms with Gasteiger partial charge in [-0.05, 0) is 37.5 Å². The molecule has 0 radical (unpaired) electrons. The molecule has 1 aromatic carbocycles. The monoisotopic (exact) mass is 350 g/mol. The van der Waals surface area contributed by atoms with Crippen LogP contribution in [0.3, 0.4) is 0 Å². The van der Waals surface area contributed by atoms with Gasteiger partial charge in [0.1, 0.15) is 4.90 Å². The van der Waals surface area contributed by atoms with Crippen LogP contribution in [0.25, 0.3) is 0 Å². The average molecular weight is 350 g/mol. The number of aromatic amines is 1. The Kier molecular flexibility index (Phi) is 5.40. The number of hydrogen-bond donors (Lipinski definition) is 3. The first-order valence-electron chi connectivity index (χ1n) is 7.61. The van der Waals surface area contributed by atoms with E-state index >= 15 is 0 Å². The molecular formula is C16H22N4O3S. The van der Waals surface area contributed by atoms with Crippen LogP contribution >= 0.6 is 0 Å². The number of nitrogens with zero attached hydrogens (tertiary/aromatic N) is 1. The van der Waals surface area contributed by atoms with Crippen molar-refractivity contribution in [3.63, 3.8) is 0 Å². The van der Waals surface area contributed by atoms with E-state index < -0.39 is 15.9 Å². The number of carbonyl (C=O) groups excluding carboxylic acids is 1. The molecule has 8 heteroatoms. The van der Waals surface area contributed by atoms with Gasteiger partial charge in [-0.15, -0.1) is 0 Å². The van der Waals surface area contributed by atoms with Crippen molar-refractivity contribution in [1.82, 2.24) is 14.9 Å². The van der Waals surface area contributed by atoms with Crippen LogP contribution in [-0.2, 0) is 14.8 Å². The fourth-order valence-corrected chi connectivity index (χ4v) is 3.67. The lowest BCUT2D eigenvalue weighted by molar-refractivity contribution is -0.115. The van der Waals surface area contributed by atoms with Gasteiger partial charge in [0.25, 0.3) is 0 Å². The van der Waals surface area contributed by atoms with Crippen molar-refractivity contribution < 1.29 is 13.2 Å². The Morgan fingerprint density at radius 2 is 1.83 bits per heavy atom. The number of H-pyrrole nitrogens is 1. The highest BCUT2D eigenvalue weighted by Crippen LogP contribution is 2.18. The quantitative estimate of drug-likeness (QED) is 0.742. The molecule has 3 N–H and O–H groups in total. The van der Waals surface area contributed by atoms with Gasteiger partial charge in [-0.25, -0.2) is 13.1 Å². The number of anilines is 1. The minimum atomic E-state index is -3.79. The number of nitrogens with one attached hydrogen (secondary N) is 3. The molecule has 0 fully saturated rings. The molecular weight excluding hydrogens is 328 g/mol. The van der Waals surface area contributed by atoms with E-state index in [1.165, 1.54) is 5.56 Å². The predicted molar refractivity (Wildman–Crippen MR) is 92.4 cm³/mol. The molecule has 0 unspecified atom stereocenters. The number of benzene rings is 1. The number of rotatable bonds is 6. The van der Waals surface area contributed by atoms with E-state index in [4.69, 9.17) is 0 Å². The van der Waals surface area contributed by atoms with Crippen molar-refractivity contribution in [3.05, 3.63) is 41.2 Å². The lowest BCUT2D eigenvalue weighted by Crippen LogP contribution is -2.33. The summed E-state index contributed by atoms with van der Waals surface area (Å²) in [6.07, 6.45) is 0. The van der Waals surface area contributed by atoms with Gasteiger partial charge in [0.15, 0.2) is 0 Å². The zero-order valence-corrected chi connectivity index (χ0v) is 15.0. The SMILES string of the molecule is Cc1n[nH]c(C)c1S(=O)(=O)NCC(=O)Nc1ccc(C(C)C)cc1. The Balaban J connectivity index is 1.98. The third-order valence-electron chi connectivity index (χ3n) is 3.61. The molecule has 1 heterocycles. The number of aryl methyl sites for hydroxylation is 2. The molecule has 0 aliphatic heterocycles. The molecule has 0 aliphatic carbocycles. The predicted octanol–water partition coefficient (Wildman–Crippen LogP) is 2.07. The number of carbonyl (C=O) groups is 1. The third kappa shape index (κ3) is 4.21. The summed E-state index contributed by atoms with van der Waals surface area (Å²) in [6, 6.07) is 7.46. The minimum Gasteiger partial charge on any atom is -0.325 e. The summed E-state index contributed by atoms with van der Waals surface area (Å²) in [4.78, 5) is 12.0. The zero-order chi connectivity index (χ0) is 17.9. The Labute approximate surface area is 141 Å². The molecule has 0 saturated heterocycles. The zero-order valence-electron chi connectivity index (χ0n) is 14.2. The Morgan fingerprint density at radius 3 is 2.33 bits per heavy atom. The fourth-order valence-electron chi connectivity index (χ4n) is 2.33.